The molecular formula is C9H19F6O4PSi2. The lowest BCUT2D eigenvalue weighted by Gasteiger charge is -2.41. The van der Waals surface area contributed by atoms with Crippen molar-refractivity contribution in [2.45, 2.75) is 57.0 Å². The Hall–Kier alpha value is 0.124. The maximum atomic E-state index is 13.0. The van der Waals surface area contributed by atoms with Crippen molar-refractivity contribution in [1.29, 1.82) is 0 Å². The van der Waals surface area contributed by atoms with E-state index in [0.717, 1.165) is 0 Å². The van der Waals surface area contributed by atoms with E-state index in [-0.39, 0.29) is 0 Å². The quantitative estimate of drug-likeness (QED) is 0.419. The maximum Gasteiger partial charge on any atom is 0.438 e. The standard InChI is InChI=1S/C9H19F6O4PSi2/c1-21(2,3)18-20(17,19-22(4,5)6)7(16,8(10,11)12)9(13,14)15/h16H,1-6H3. The second-order valence-electron chi connectivity index (χ2n) is 6.57. The van der Waals surface area contributed by atoms with Gasteiger partial charge in [0, 0.05) is 0 Å². The molecule has 134 valence electrons. The maximum absolute atomic E-state index is 13.0. The van der Waals surface area contributed by atoms with E-state index < -0.39 is 41.9 Å². The lowest BCUT2D eigenvalue weighted by molar-refractivity contribution is -0.336. The molecule has 0 heterocycles. The van der Waals surface area contributed by atoms with Crippen molar-refractivity contribution >= 4 is 24.2 Å². The summed E-state index contributed by atoms with van der Waals surface area (Å²) in [5.41, 5.74) is 0. The van der Waals surface area contributed by atoms with Gasteiger partial charge < -0.3 is 13.5 Å². The summed E-state index contributed by atoms with van der Waals surface area (Å²) >= 11 is 0. The molecule has 0 spiro atoms. The Labute approximate surface area is 126 Å². The highest BCUT2D eigenvalue weighted by Crippen LogP contribution is 2.71. The molecule has 0 aliphatic rings. The summed E-state index contributed by atoms with van der Waals surface area (Å²) in [4.78, 5) is 0. The van der Waals surface area contributed by atoms with Crippen LogP contribution in [0.15, 0.2) is 0 Å². The Morgan fingerprint density at radius 3 is 1.14 bits per heavy atom. The van der Waals surface area contributed by atoms with Gasteiger partial charge in [-0.1, -0.05) is 0 Å². The predicted octanol–water partition coefficient (Wildman–Crippen LogP) is 4.70. The van der Waals surface area contributed by atoms with Gasteiger partial charge in [-0.15, -0.1) is 0 Å². The molecule has 0 atom stereocenters. The van der Waals surface area contributed by atoms with Crippen LogP contribution in [0.25, 0.3) is 0 Å². The van der Waals surface area contributed by atoms with E-state index in [1.165, 1.54) is 39.3 Å². The van der Waals surface area contributed by atoms with Crippen LogP contribution in [0.2, 0.25) is 39.3 Å². The zero-order valence-electron chi connectivity index (χ0n) is 12.9. The molecule has 0 amide bonds. The average molecular weight is 392 g/mol. The highest BCUT2D eigenvalue weighted by Gasteiger charge is 2.82. The van der Waals surface area contributed by atoms with Crippen molar-refractivity contribution in [1.82, 2.24) is 0 Å². The van der Waals surface area contributed by atoms with Crippen LogP contribution in [-0.4, -0.2) is 39.4 Å². The van der Waals surface area contributed by atoms with Crippen LogP contribution in [0.3, 0.4) is 0 Å². The van der Waals surface area contributed by atoms with E-state index in [2.05, 4.69) is 8.43 Å². The molecule has 0 saturated carbocycles. The number of hydrogen-bond donors (Lipinski definition) is 1. The second-order valence-corrected chi connectivity index (χ2v) is 18.1. The molecule has 0 unspecified atom stereocenters. The molecule has 4 nitrogen and oxygen atoms in total. The van der Waals surface area contributed by atoms with Crippen molar-refractivity contribution in [3.63, 3.8) is 0 Å². The third kappa shape index (κ3) is 4.81. The summed E-state index contributed by atoms with van der Waals surface area (Å²) in [7, 11) is -12.4. The fraction of sp³-hybridized carbons (Fsp3) is 1.00. The van der Waals surface area contributed by atoms with Gasteiger partial charge in [0.1, 0.15) is 0 Å². The molecule has 0 aromatic heterocycles. The van der Waals surface area contributed by atoms with Crippen LogP contribution in [0, 0.1) is 0 Å². The van der Waals surface area contributed by atoms with E-state index in [1.807, 2.05) is 0 Å². The molecular weight excluding hydrogens is 373 g/mol. The first-order chi connectivity index (χ1) is 9.16. The van der Waals surface area contributed by atoms with Gasteiger partial charge in [0.25, 0.3) is 0 Å². The van der Waals surface area contributed by atoms with E-state index >= 15 is 0 Å². The minimum Gasteiger partial charge on any atom is -0.364 e. The van der Waals surface area contributed by atoms with E-state index in [4.69, 9.17) is 0 Å². The molecule has 1 N–H and O–H groups in total. The Morgan fingerprint density at radius 2 is 1.00 bits per heavy atom. The third-order valence-corrected chi connectivity index (χ3v) is 9.58. The monoisotopic (exact) mass is 392 g/mol. The Balaban J connectivity index is 6.42. The summed E-state index contributed by atoms with van der Waals surface area (Å²) in [6, 6.07) is 0. The second kappa shape index (κ2) is 5.89. The molecule has 0 rings (SSSR count). The summed E-state index contributed by atoms with van der Waals surface area (Å²) in [5.74, 6) is 0. The predicted molar refractivity (Wildman–Crippen MR) is 73.5 cm³/mol. The minimum atomic E-state index is -6.28. The number of alkyl halides is 6. The Kier molecular flexibility index (Phi) is 5.92. The summed E-state index contributed by atoms with van der Waals surface area (Å²) < 4.78 is 99.6. The zero-order valence-corrected chi connectivity index (χ0v) is 15.8. The first kappa shape index (κ1) is 22.1. The van der Waals surface area contributed by atoms with E-state index in [0.29, 0.717) is 0 Å². The third-order valence-electron chi connectivity index (χ3n) is 1.97. The normalized spacial score (nSPS) is 16.0. The fourth-order valence-corrected chi connectivity index (χ4v) is 9.27. The molecule has 13 heteroatoms. The molecule has 0 fully saturated rings. The van der Waals surface area contributed by atoms with Crippen LogP contribution in [0.4, 0.5) is 26.3 Å². The summed E-state index contributed by atoms with van der Waals surface area (Å²) in [5, 5.41) is 3.84. The largest absolute Gasteiger partial charge is 0.438 e. The smallest absolute Gasteiger partial charge is 0.364 e. The van der Waals surface area contributed by atoms with Gasteiger partial charge in [-0.25, -0.2) is 0 Å². The molecule has 0 bridgehead atoms. The highest BCUT2D eigenvalue weighted by molar-refractivity contribution is 7.58. The van der Waals surface area contributed by atoms with Crippen LogP contribution in [0.1, 0.15) is 0 Å². The van der Waals surface area contributed by atoms with Gasteiger partial charge in [0.05, 0.1) is 0 Å². The van der Waals surface area contributed by atoms with Crippen LogP contribution in [0.5, 0.6) is 0 Å². The molecule has 0 aromatic carbocycles. The van der Waals surface area contributed by atoms with Crippen molar-refractivity contribution in [3.05, 3.63) is 0 Å². The zero-order chi connectivity index (χ0) is 18.4. The average Bonchev–Trinajstić information content (AvgIpc) is 2.05. The Bertz CT molecular complexity index is 417. The molecule has 0 aromatic rings. The molecule has 22 heavy (non-hydrogen) atoms. The van der Waals surface area contributed by atoms with Gasteiger partial charge >= 0.3 is 25.3 Å². The van der Waals surface area contributed by atoms with Gasteiger partial charge in [0.15, 0.2) is 16.6 Å². The molecule has 0 radical (unpaired) electrons. The minimum absolute atomic E-state index is 1.24. The van der Waals surface area contributed by atoms with Crippen LogP contribution in [-0.2, 0) is 13.0 Å². The van der Waals surface area contributed by atoms with E-state index in [1.54, 1.807) is 0 Å². The van der Waals surface area contributed by atoms with E-state index in [9.17, 15) is 36.0 Å². The van der Waals surface area contributed by atoms with Crippen molar-refractivity contribution in [2.75, 3.05) is 0 Å². The summed E-state index contributed by atoms with van der Waals surface area (Å²) in [6.45, 7) is 7.42. The SMILES string of the molecule is C[Si](C)(C)OP(=O)(O[Si](C)(C)C)C(O)(C(F)(F)F)C(F)(F)F. The first-order valence-corrected chi connectivity index (χ1v) is 14.4. The van der Waals surface area contributed by atoms with Crippen molar-refractivity contribution < 1.29 is 44.4 Å². The van der Waals surface area contributed by atoms with Gasteiger partial charge in [-0.3, -0.25) is 4.57 Å². The molecule has 0 saturated heterocycles. The molecule has 0 aliphatic carbocycles. The van der Waals surface area contributed by atoms with Gasteiger partial charge in [-0.05, 0) is 39.3 Å². The Morgan fingerprint density at radius 1 is 0.773 bits per heavy atom. The van der Waals surface area contributed by atoms with Crippen molar-refractivity contribution in [3.8, 4) is 0 Å². The van der Waals surface area contributed by atoms with Gasteiger partial charge in [0.2, 0.25) is 0 Å². The van der Waals surface area contributed by atoms with Gasteiger partial charge in [-0.2, -0.15) is 26.3 Å². The van der Waals surface area contributed by atoms with Crippen molar-refractivity contribution in [2.24, 2.45) is 0 Å². The lowest BCUT2D eigenvalue weighted by atomic mass is 10.3. The molecule has 0 aliphatic heterocycles. The van der Waals surface area contributed by atoms with Crippen LogP contribution < -0.4 is 0 Å². The summed E-state index contributed by atoms with van der Waals surface area (Å²) in [6.07, 6.45) is -12.6. The topological polar surface area (TPSA) is 55.8 Å². The lowest BCUT2D eigenvalue weighted by Crippen LogP contribution is -2.58. The number of hydrogen-bond acceptors (Lipinski definition) is 4. The first-order valence-electron chi connectivity index (χ1n) is 6.04. The number of aliphatic hydroxyl groups is 1. The highest BCUT2D eigenvalue weighted by atomic mass is 31.2. The fourth-order valence-electron chi connectivity index (χ4n) is 1.34. The number of rotatable bonds is 5. The van der Waals surface area contributed by atoms with Crippen LogP contribution >= 0.6 is 7.60 Å². The number of halogens is 6.